The number of benzene rings is 1. The lowest BCUT2D eigenvalue weighted by Gasteiger charge is -2.10. The number of ether oxygens (including phenoxy) is 3. The van der Waals surface area contributed by atoms with Gasteiger partial charge in [0.25, 0.3) is 0 Å². The minimum absolute atomic E-state index is 0.121. The number of aryl methyl sites for hydroxylation is 1. The number of pyridine rings is 1. The number of carbonyl (C=O) groups excluding carboxylic acids is 1. The number of rotatable bonds is 5. The van der Waals surface area contributed by atoms with Crippen molar-refractivity contribution in [3.8, 4) is 11.5 Å². The SMILES string of the molecule is CCOC(=O)COc1cc(C)nc2ccc(OC)cc12. The summed E-state index contributed by atoms with van der Waals surface area (Å²) in [6, 6.07) is 7.32. The molecular weight excluding hydrogens is 258 g/mol. The van der Waals surface area contributed by atoms with E-state index in [1.807, 2.05) is 25.1 Å². The Morgan fingerprint density at radius 3 is 2.80 bits per heavy atom. The summed E-state index contributed by atoms with van der Waals surface area (Å²) >= 11 is 0. The summed E-state index contributed by atoms with van der Waals surface area (Å²) in [5, 5.41) is 0.805. The first-order chi connectivity index (χ1) is 9.63. The molecule has 1 heterocycles. The van der Waals surface area contributed by atoms with Crippen LogP contribution in [-0.2, 0) is 9.53 Å². The highest BCUT2D eigenvalue weighted by molar-refractivity contribution is 5.87. The number of carbonyl (C=O) groups is 1. The Bertz CT molecular complexity index is 625. The molecule has 0 saturated carbocycles. The van der Waals surface area contributed by atoms with Crippen LogP contribution in [-0.4, -0.2) is 31.3 Å². The minimum Gasteiger partial charge on any atom is -0.497 e. The van der Waals surface area contributed by atoms with Crippen LogP contribution >= 0.6 is 0 Å². The summed E-state index contributed by atoms with van der Waals surface area (Å²) in [4.78, 5) is 15.8. The molecule has 0 radical (unpaired) electrons. The Hall–Kier alpha value is -2.30. The van der Waals surface area contributed by atoms with Crippen molar-refractivity contribution >= 4 is 16.9 Å². The molecule has 5 nitrogen and oxygen atoms in total. The summed E-state index contributed by atoms with van der Waals surface area (Å²) in [6.07, 6.45) is 0. The van der Waals surface area contributed by atoms with E-state index in [-0.39, 0.29) is 6.61 Å². The molecule has 0 atom stereocenters. The third-order valence-electron chi connectivity index (χ3n) is 2.76. The number of hydrogen-bond donors (Lipinski definition) is 0. The van der Waals surface area contributed by atoms with Crippen LogP contribution in [0.25, 0.3) is 10.9 Å². The first kappa shape index (κ1) is 14.1. The normalized spacial score (nSPS) is 10.3. The zero-order chi connectivity index (χ0) is 14.5. The Kier molecular flexibility index (Phi) is 4.40. The second-order valence-corrected chi connectivity index (χ2v) is 4.24. The monoisotopic (exact) mass is 275 g/mol. The van der Waals surface area contributed by atoms with Gasteiger partial charge in [0, 0.05) is 17.1 Å². The van der Waals surface area contributed by atoms with Crippen molar-refractivity contribution in [2.24, 2.45) is 0 Å². The minimum atomic E-state index is -0.391. The van der Waals surface area contributed by atoms with E-state index in [9.17, 15) is 4.79 Å². The van der Waals surface area contributed by atoms with E-state index >= 15 is 0 Å². The van der Waals surface area contributed by atoms with Crippen LogP contribution < -0.4 is 9.47 Å². The van der Waals surface area contributed by atoms with E-state index in [2.05, 4.69) is 4.98 Å². The Labute approximate surface area is 117 Å². The Morgan fingerprint density at radius 1 is 1.30 bits per heavy atom. The molecule has 0 saturated heterocycles. The topological polar surface area (TPSA) is 57.7 Å². The molecule has 0 aliphatic rings. The summed E-state index contributed by atoms with van der Waals surface area (Å²) in [5.74, 6) is 0.918. The van der Waals surface area contributed by atoms with Crippen LogP contribution in [0.4, 0.5) is 0 Å². The number of nitrogens with zero attached hydrogens (tertiary/aromatic N) is 1. The van der Waals surface area contributed by atoms with Gasteiger partial charge in [-0.1, -0.05) is 0 Å². The number of aromatic nitrogens is 1. The maximum absolute atomic E-state index is 11.4. The van der Waals surface area contributed by atoms with E-state index in [4.69, 9.17) is 14.2 Å². The van der Waals surface area contributed by atoms with Gasteiger partial charge in [0.2, 0.25) is 0 Å². The molecule has 1 aromatic heterocycles. The number of methoxy groups -OCH3 is 1. The molecular formula is C15H17NO4. The number of hydrogen-bond acceptors (Lipinski definition) is 5. The lowest BCUT2D eigenvalue weighted by atomic mass is 10.1. The van der Waals surface area contributed by atoms with Crippen molar-refractivity contribution in [1.29, 1.82) is 0 Å². The van der Waals surface area contributed by atoms with Crippen LogP contribution in [0.5, 0.6) is 11.5 Å². The third-order valence-corrected chi connectivity index (χ3v) is 2.76. The van der Waals surface area contributed by atoms with Crippen LogP contribution in [0.2, 0.25) is 0 Å². The van der Waals surface area contributed by atoms with E-state index < -0.39 is 5.97 Å². The van der Waals surface area contributed by atoms with Crippen LogP contribution in [0.3, 0.4) is 0 Å². The largest absolute Gasteiger partial charge is 0.497 e. The van der Waals surface area contributed by atoms with Crippen LogP contribution in [0.15, 0.2) is 24.3 Å². The molecule has 0 amide bonds. The predicted molar refractivity (Wildman–Crippen MR) is 75.2 cm³/mol. The molecule has 0 fully saturated rings. The smallest absolute Gasteiger partial charge is 0.344 e. The van der Waals surface area contributed by atoms with Crippen molar-refractivity contribution in [2.45, 2.75) is 13.8 Å². The summed E-state index contributed by atoms with van der Waals surface area (Å²) in [7, 11) is 1.60. The molecule has 5 heteroatoms. The highest BCUT2D eigenvalue weighted by Crippen LogP contribution is 2.28. The lowest BCUT2D eigenvalue weighted by Crippen LogP contribution is -2.14. The first-order valence-corrected chi connectivity index (χ1v) is 6.38. The molecule has 0 N–H and O–H groups in total. The summed E-state index contributed by atoms with van der Waals surface area (Å²) < 4.78 is 15.6. The second kappa shape index (κ2) is 6.23. The van der Waals surface area contributed by atoms with Gasteiger partial charge in [-0.3, -0.25) is 4.98 Å². The zero-order valence-corrected chi connectivity index (χ0v) is 11.8. The van der Waals surface area contributed by atoms with Crippen molar-refractivity contribution < 1.29 is 19.0 Å². The van der Waals surface area contributed by atoms with Gasteiger partial charge >= 0.3 is 5.97 Å². The van der Waals surface area contributed by atoms with Gasteiger partial charge in [-0.25, -0.2) is 4.79 Å². The Balaban J connectivity index is 2.32. The quantitative estimate of drug-likeness (QED) is 0.785. The van der Waals surface area contributed by atoms with Crippen LogP contribution in [0, 0.1) is 6.92 Å². The fourth-order valence-electron chi connectivity index (χ4n) is 1.89. The van der Waals surface area contributed by atoms with Gasteiger partial charge in [-0.05, 0) is 32.0 Å². The van der Waals surface area contributed by atoms with Crippen molar-refractivity contribution in [3.63, 3.8) is 0 Å². The number of fused-ring (bicyclic) bond motifs is 1. The molecule has 20 heavy (non-hydrogen) atoms. The predicted octanol–water partition coefficient (Wildman–Crippen LogP) is 2.49. The van der Waals surface area contributed by atoms with E-state index in [0.29, 0.717) is 18.1 Å². The molecule has 1 aromatic carbocycles. The maximum Gasteiger partial charge on any atom is 0.344 e. The standard InChI is InChI=1S/C15H17NO4/c1-4-19-15(17)9-20-14-7-10(2)16-13-6-5-11(18-3)8-12(13)14/h5-8H,4,9H2,1-3H3. The fourth-order valence-corrected chi connectivity index (χ4v) is 1.89. The molecule has 0 aliphatic carbocycles. The molecule has 0 spiro atoms. The van der Waals surface area contributed by atoms with E-state index in [1.165, 1.54) is 0 Å². The van der Waals surface area contributed by atoms with E-state index in [0.717, 1.165) is 16.6 Å². The van der Waals surface area contributed by atoms with Gasteiger partial charge in [-0.15, -0.1) is 0 Å². The van der Waals surface area contributed by atoms with Gasteiger partial charge in [0.1, 0.15) is 11.5 Å². The molecule has 0 aliphatic heterocycles. The average Bonchev–Trinajstić information content (AvgIpc) is 2.44. The highest BCUT2D eigenvalue weighted by atomic mass is 16.6. The second-order valence-electron chi connectivity index (χ2n) is 4.24. The lowest BCUT2D eigenvalue weighted by molar-refractivity contribution is -0.145. The highest BCUT2D eigenvalue weighted by Gasteiger charge is 2.09. The maximum atomic E-state index is 11.4. The van der Waals surface area contributed by atoms with Crippen molar-refractivity contribution in [3.05, 3.63) is 30.0 Å². The van der Waals surface area contributed by atoms with Gasteiger partial charge in [0.15, 0.2) is 6.61 Å². The first-order valence-electron chi connectivity index (χ1n) is 6.38. The van der Waals surface area contributed by atoms with Gasteiger partial charge in [-0.2, -0.15) is 0 Å². The Morgan fingerprint density at radius 2 is 2.10 bits per heavy atom. The number of esters is 1. The third kappa shape index (κ3) is 3.17. The molecule has 0 unspecified atom stereocenters. The van der Waals surface area contributed by atoms with Crippen molar-refractivity contribution in [2.75, 3.05) is 20.3 Å². The fraction of sp³-hybridized carbons (Fsp3) is 0.333. The molecule has 0 bridgehead atoms. The van der Waals surface area contributed by atoms with Crippen molar-refractivity contribution in [1.82, 2.24) is 4.98 Å². The molecule has 2 aromatic rings. The summed E-state index contributed by atoms with van der Waals surface area (Å²) in [6.45, 7) is 3.85. The zero-order valence-electron chi connectivity index (χ0n) is 11.8. The molecule has 2 rings (SSSR count). The summed E-state index contributed by atoms with van der Waals surface area (Å²) in [5.41, 5.74) is 1.62. The molecule has 106 valence electrons. The van der Waals surface area contributed by atoms with Crippen LogP contribution in [0.1, 0.15) is 12.6 Å². The van der Waals surface area contributed by atoms with E-state index in [1.54, 1.807) is 20.1 Å². The van der Waals surface area contributed by atoms with Gasteiger partial charge in [0.05, 0.1) is 19.2 Å². The average molecular weight is 275 g/mol. The van der Waals surface area contributed by atoms with Gasteiger partial charge < -0.3 is 14.2 Å².